The second kappa shape index (κ2) is 10.2. The molecule has 1 N–H and O–H groups in total. The summed E-state index contributed by atoms with van der Waals surface area (Å²) in [5.74, 6) is -10.5. The number of anilines is 3. The predicted octanol–water partition coefficient (Wildman–Crippen LogP) is 5.83. The molecule has 3 aromatic carbocycles. The van der Waals surface area contributed by atoms with E-state index in [4.69, 9.17) is 11.6 Å². The van der Waals surface area contributed by atoms with Gasteiger partial charge in [-0.1, -0.05) is 11.6 Å². The molecule has 3 aromatic rings. The molecular formula is C24H18ClF5N4O3. The Kier molecular flexibility index (Phi) is 7.21. The van der Waals surface area contributed by atoms with E-state index in [9.17, 15) is 36.9 Å². The molecule has 1 aliphatic heterocycles. The Morgan fingerprint density at radius 3 is 2.00 bits per heavy atom. The first-order valence-corrected chi connectivity index (χ1v) is 11.2. The Hall–Kier alpha value is -3.93. The fourth-order valence-electron chi connectivity index (χ4n) is 4.09. The number of nitro benzene ring substituents is 1. The molecule has 0 aliphatic carbocycles. The fraction of sp³-hybridized carbons (Fsp3) is 0.208. The van der Waals surface area contributed by atoms with E-state index in [2.05, 4.69) is 5.32 Å². The maximum absolute atomic E-state index is 14.2. The maximum Gasteiger partial charge on any atom is 0.272 e. The van der Waals surface area contributed by atoms with Crippen LogP contribution in [0.2, 0.25) is 5.02 Å². The summed E-state index contributed by atoms with van der Waals surface area (Å²) >= 11 is 6.39. The van der Waals surface area contributed by atoms with Gasteiger partial charge in [-0.15, -0.1) is 0 Å². The van der Waals surface area contributed by atoms with Gasteiger partial charge in [0.25, 0.3) is 11.6 Å². The number of carbonyl (C=O) groups is 1. The van der Waals surface area contributed by atoms with Gasteiger partial charge in [-0.25, -0.2) is 22.0 Å². The zero-order valence-electron chi connectivity index (χ0n) is 19.1. The van der Waals surface area contributed by atoms with Gasteiger partial charge in [-0.3, -0.25) is 14.9 Å². The largest absolute Gasteiger partial charge is 0.367 e. The molecule has 0 saturated carbocycles. The zero-order chi connectivity index (χ0) is 27.0. The molecule has 4 rings (SSSR count). The number of rotatable bonds is 5. The van der Waals surface area contributed by atoms with Crippen molar-refractivity contribution in [3.63, 3.8) is 0 Å². The molecule has 1 aliphatic rings. The summed E-state index contributed by atoms with van der Waals surface area (Å²) in [6.07, 6.45) is 0. The van der Waals surface area contributed by atoms with Crippen molar-refractivity contribution in [1.82, 2.24) is 0 Å². The van der Waals surface area contributed by atoms with Crippen LogP contribution in [0.25, 0.3) is 0 Å². The Morgan fingerprint density at radius 2 is 1.46 bits per heavy atom. The van der Waals surface area contributed by atoms with Crippen LogP contribution in [0.3, 0.4) is 0 Å². The van der Waals surface area contributed by atoms with Gasteiger partial charge in [0.15, 0.2) is 23.3 Å². The van der Waals surface area contributed by atoms with Crippen LogP contribution in [-0.4, -0.2) is 37.0 Å². The maximum atomic E-state index is 14.2. The summed E-state index contributed by atoms with van der Waals surface area (Å²) in [6, 6.07) is 8.66. The second-order valence-electron chi connectivity index (χ2n) is 8.27. The van der Waals surface area contributed by atoms with E-state index in [1.54, 1.807) is 17.0 Å². The summed E-state index contributed by atoms with van der Waals surface area (Å²) in [6.45, 7) is 1.80. The summed E-state index contributed by atoms with van der Waals surface area (Å²) in [5.41, 5.74) is 0.368. The highest BCUT2D eigenvalue weighted by atomic mass is 35.5. The minimum Gasteiger partial charge on any atom is -0.367 e. The van der Waals surface area contributed by atoms with Gasteiger partial charge in [0.1, 0.15) is 5.69 Å². The van der Waals surface area contributed by atoms with Gasteiger partial charge in [0.2, 0.25) is 5.82 Å². The number of halogens is 6. The number of nitrogens with zero attached hydrogens (tertiary/aromatic N) is 3. The van der Waals surface area contributed by atoms with Crippen LogP contribution in [0.5, 0.6) is 0 Å². The molecule has 13 heteroatoms. The Labute approximate surface area is 212 Å². The van der Waals surface area contributed by atoms with Crippen molar-refractivity contribution < 1.29 is 31.7 Å². The molecule has 1 saturated heterocycles. The van der Waals surface area contributed by atoms with Crippen molar-refractivity contribution in [2.45, 2.75) is 6.92 Å². The molecule has 0 unspecified atom stereocenters. The molecule has 194 valence electrons. The third-order valence-electron chi connectivity index (χ3n) is 5.98. The Morgan fingerprint density at radius 1 is 0.892 bits per heavy atom. The number of aryl methyl sites for hydroxylation is 1. The molecule has 0 bridgehead atoms. The normalized spacial score (nSPS) is 13.6. The van der Waals surface area contributed by atoms with Crippen LogP contribution in [0.4, 0.5) is 44.7 Å². The zero-order valence-corrected chi connectivity index (χ0v) is 19.9. The smallest absolute Gasteiger partial charge is 0.272 e. The van der Waals surface area contributed by atoms with Gasteiger partial charge in [0, 0.05) is 49.1 Å². The van der Waals surface area contributed by atoms with E-state index in [-0.39, 0.29) is 42.5 Å². The Bertz CT molecular complexity index is 1380. The molecule has 0 aromatic heterocycles. The fourth-order valence-corrected chi connectivity index (χ4v) is 4.39. The van der Waals surface area contributed by atoms with Crippen LogP contribution in [0, 0.1) is 46.1 Å². The molecular weight excluding hydrogens is 523 g/mol. The third kappa shape index (κ3) is 5.01. The highest BCUT2D eigenvalue weighted by Gasteiger charge is 2.31. The first-order valence-electron chi connectivity index (χ1n) is 10.9. The third-order valence-corrected chi connectivity index (χ3v) is 6.29. The van der Waals surface area contributed by atoms with Crippen molar-refractivity contribution >= 4 is 40.3 Å². The first-order chi connectivity index (χ1) is 17.5. The summed E-state index contributed by atoms with van der Waals surface area (Å²) in [7, 11) is 0. The predicted molar refractivity (Wildman–Crippen MR) is 128 cm³/mol. The van der Waals surface area contributed by atoms with E-state index in [1.165, 1.54) is 31.2 Å². The lowest BCUT2D eigenvalue weighted by Gasteiger charge is -2.38. The van der Waals surface area contributed by atoms with Crippen LogP contribution < -0.4 is 15.1 Å². The van der Waals surface area contributed by atoms with Crippen molar-refractivity contribution in [2.75, 3.05) is 41.3 Å². The lowest BCUT2D eigenvalue weighted by molar-refractivity contribution is -0.385. The van der Waals surface area contributed by atoms with Crippen LogP contribution >= 0.6 is 11.6 Å². The number of hydrogen-bond donors (Lipinski definition) is 1. The van der Waals surface area contributed by atoms with Gasteiger partial charge < -0.3 is 15.1 Å². The minimum atomic E-state index is -2.21. The average Bonchev–Trinajstić information content (AvgIpc) is 2.86. The van der Waals surface area contributed by atoms with Crippen molar-refractivity contribution in [3.05, 3.63) is 91.7 Å². The summed E-state index contributed by atoms with van der Waals surface area (Å²) in [4.78, 5) is 25.8. The molecule has 1 fully saturated rings. The van der Waals surface area contributed by atoms with Crippen molar-refractivity contribution in [1.29, 1.82) is 0 Å². The van der Waals surface area contributed by atoms with Gasteiger partial charge in [-0.05, 0) is 37.3 Å². The number of hydrogen-bond acceptors (Lipinski definition) is 5. The number of nitrogens with one attached hydrogen (secondary N) is 1. The number of piperazine rings is 1. The van der Waals surface area contributed by atoms with Gasteiger partial charge >= 0.3 is 0 Å². The highest BCUT2D eigenvalue weighted by Crippen LogP contribution is 2.34. The lowest BCUT2D eigenvalue weighted by atomic mass is 10.1. The molecule has 0 atom stereocenters. The van der Waals surface area contributed by atoms with Crippen molar-refractivity contribution in [2.24, 2.45) is 0 Å². The molecule has 37 heavy (non-hydrogen) atoms. The van der Waals surface area contributed by atoms with Gasteiger partial charge in [-0.2, -0.15) is 0 Å². The van der Waals surface area contributed by atoms with Crippen LogP contribution in [0.15, 0.2) is 36.4 Å². The number of carbonyl (C=O) groups excluding carboxylic acids is 1. The van der Waals surface area contributed by atoms with E-state index >= 15 is 0 Å². The van der Waals surface area contributed by atoms with E-state index < -0.39 is 45.6 Å². The first kappa shape index (κ1) is 26.1. The number of benzene rings is 3. The quantitative estimate of drug-likeness (QED) is 0.145. The van der Waals surface area contributed by atoms with Gasteiger partial charge in [0.05, 0.1) is 15.6 Å². The van der Waals surface area contributed by atoms with Crippen LogP contribution in [0.1, 0.15) is 15.9 Å². The highest BCUT2D eigenvalue weighted by molar-refractivity contribution is 6.33. The molecule has 1 heterocycles. The molecule has 1 amide bonds. The second-order valence-corrected chi connectivity index (χ2v) is 8.68. The standard InChI is InChI=1S/C24H18ClF5N4O3/c1-12-10-13(2-4-16(12)34(36)37)24(35)31-14-3-5-17(15(25)11-14)32-6-8-33(9-7-32)23-21(29)19(27)18(26)20(28)22(23)30/h2-5,10-11H,6-9H2,1H3,(H,31,35). The number of amides is 1. The van der Waals surface area contributed by atoms with Crippen molar-refractivity contribution in [3.8, 4) is 0 Å². The number of nitro groups is 1. The Balaban J connectivity index is 1.45. The van der Waals surface area contributed by atoms with E-state index in [0.29, 0.717) is 16.9 Å². The summed E-state index contributed by atoms with van der Waals surface area (Å²) < 4.78 is 68.8. The monoisotopic (exact) mass is 540 g/mol. The average molecular weight is 541 g/mol. The lowest BCUT2D eigenvalue weighted by Crippen LogP contribution is -2.47. The minimum absolute atomic E-state index is 0.0351. The SMILES string of the molecule is Cc1cc(C(=O)Nc2ccc(N3CCN(c4c(F)c(F)c(F)c(F)c4F)CC3)c(Cl)c2)ccc1[N+](=O)[O-]. The summed E-state index contributed by atoms with van der Waals surface area (Å²) in [5, 5.41) is 13.9. The molecule has 0 spiro atoms. The van der Waals surface area contributed by atoms with E-state index in [0.717, 1.165) is 4.90 Å². The van der Waals surface area contributed by atoms with E-state index in [1.807, 2.05) is 0 Å². The molecule has 7 nitrogen and oxygen atoms in total. The van der Waals surface area contributed by atoms with Crippen LogP contribution in [-0.2, 0) is 0 Å². The topological polar surface area (TPSA) is 78.7 Å². The molecule has 0 radical (unpaired) electrons.